The highest BCUT2D eigenvalue weighted by Gasteiger charge is 2.26. The van der Waals surface area contributed by atoms with Crippen molar-refractivity contribution in [3.8, 4) is 0 Å². The largest absolute Gasteiger partial charge is 0.376 e. The number of nitro benzene ring substituents is 1. The fourth-order valence-electron chi connectivity index (χ4n) is 7.05. The second-order valence-corrected chi connectivity index (χ2v) is 17.2. The van der Waals surface area contributed by atoms with Crippen LogP contribution >= 0.6 is 11.8 Å². The lowest BCUT2D eigenvalue weighted by molar-refractivity contribution is -0.384. The normalized spacial score (nSPS) is 15.8. The Morgan fingerprint density at radius 2 is 1.55 bits per heavy atom. The number of sulfonamides is 1. The third-order valence-corrected chi connectivity index (χ3v) is 12.6. The van der Waals surface area contributed by atoms with Gasteiger partial charge in [0.05, 0.1) is 9.82 Å². The van der Waals surface area contributed by atoms with Crippen LogP contribution in [0.5, 0.6) is 0 Å². The number of nitrogens with one attached hydrogen (secondary N) is 2. The highest BCUT2D eigenvalue weighted by molar-refractivity contribution is 7.99. The summed E-state index contributed by atoms with van der Waals surface area (Å²) in [5, 5.41) is 15.4. The number of piperidine rings is 1. The van der Waals surface area contributed by atoms with Crippen LogP contribution < -0.4 is 19.8 Å². The monoisotopic (exact) mass is 785 g/mol. The Hall–Kier alpha value is -4.63. The molecule has 2 N–H and O–H groups in total. The third kappa shape index (κ3) is 11.0. The van der Waals surface area contributed by atoms with E-state index in [9.17, 15) is 23.3 Å². The number of nitrogens with zero attached hydrogens (tertiary/aromatic N) is 5. The Balaban J connectivity index is 1.05. The summed E-state index contributed by atoms with van der Waals surface area (Å²) in [5.41, 5.74) is 3.67. The van der Waals surface area contributed by atoms with Gasteiger partial charge in [-0.15, -0.1) is 11.8 Å². The average molecular weight is 786 g/mol. The van der Waals surface area contributed by atoms with E-state index in [1.54, 1.807) is 23.9 Å². The molecular formula is C41H51N7O5S2. The standard InChI is InChI=1S/C41H51N7O5S2/c1-44(2)24-21-34(31-54-36-12-5-3-6-13-36)42-38-20-19-37(29-40(38)48(50)51)55(52,53)43-41(49)32-15-17-35(18-16-32)46-27-25-45(26-28-46)30-33-11-7-8-14-39(33)47-22-9-4-10-23-47/h3,5-8,11-20,29,34,42H,4,9-10,21-28,30-31H2,1-2H3,(H,43,49)/t34-/m1/s1. The number of carbonyl (C=O) groups excluding carboxylic acids is 1. The number of benzene rings is 4. The molecule has 0 saturated carbocycles. The highest BCUT2D eigenvalue weighted by Crippen LogP contribution is 2.31. The van der Waals surface area contributed by atoms with E-state index in [1.807, 2.05) is 61.5 Å². The second-order valence-electron chi connectivity index (χ2n) is 14.4. The summed E-state index contributed by atoms with van der Waals surface area (Å²) in [5.74, 6) is -0.163. The molecule has 1 amide bonds. The molecule has 292 valence electrons. The van der Waals surface area contributed by atoms with E-state index in [2.05, 4.69) is 49.0 Å². The molecule has 0 aliphatic carbocycles. The topological polar surface area (TPSA) is 131 Å². The van der Waals surface area contributed by atoms with Gasteiger partial charge in [0.15, 0.2) is 0 Å². The molecule has 4 aromatic rings. The molecule has 0 unspecified atom stereocenters. The minimum Gasteiger partial charge on any atom is -0.376 e. The summed E-state index contributed by atoms with van der Waals surface area (Å²) < 4.78 is 28.8. The molecule has 2 aliphatic rings. The lowest BCUT2D eigenvalue weighted by Crippen LogP contribution is -2.46. The molecule has 1 atom stereocenters. The predicted molar refractivity (Wildman–Crippen MR) is 222 cm³/mol. The Morgan fingerprint density at radius 1 is 0.855 bits per heavy atom. The maximum absolute atomic E-state index is 13.3. The van der Waals surface area contributed by atoms with Gasteiger partial charge in [-0.3, -0.25) is 19.8 Å². The molecule has 14 heteroatoms. The molecular weight excluding hydrogens is 735 g/mol. The van der Waals surface area contributed by atoms with Gasteiger partial charge in [0.25, 0.3) is 21.6 Å². The van der Waals surface area contributed by atoms with Crippen LogP contribution in [0, 0.1) is 10.1 Å². The zero-order chi connectivity index (χ0) is 38.8. The fourth-order valence-corrected chi connectivity index (χ4v) is 9.04. The summed E-state index contributed by atoms with van der Waals surface area (Å²) in [7, 11) is -0.484. The Kier molecular flexibility index (Phi) is 13.7. The van der Waals surface area contributed by atoms with Gasteiger partial charge in [0, 0.05) is 85.5 Å². The van der Waals surface area contributed by atoms with Crippen molar-refractivity contribution in [1.82, 2.24) is 14.5 Å². The maximum Gasteiger partial charge on any atom is 0.293 e. The van der Waals surface area contributed by atoms with Crippen molar-refractivity contribution in [3.63, 3.8) is 0 Å². The molecule has 0 radical (unpaired) electrons. The first kappa shape index (κ1) is 40.0. The number of hydrogen-bond acceptors (Lipinski definition) is 11. The number of rotatable bonds is 16. The number of hydrogen-bond donors (Lipinski definition) is 2. The first-order valence-corrected chi connectivity index (χ1v) is 21.4. The van der Waals surface area contributed by atoms with E-state index in [-0.39, 0.29) is 27.9 Å². The van der Waals surface area contributed by atoms with Gasteiger partial charge in [-0.1, -0.05) is 36.4 Å². The minimum absolute atomic E-state index is 0.132. The van der Waals surface area contributed by atoms with Crippen LogP contribution in [0.15, 0.2) is 107 Å². The van der Waals surface area contributed by atoms with Crippen molar-refractivity contribution in [2.24, 2.45) is 0 Å². The van der Waals surface area contributed by atoms with E-state index in [1.165, 1.54) is 42.6 Å². The number of anilines is 3. The number of thioether (sulfide) groups is 1. The van der Waals surface area contributed by atoms with Crippen LogP contribution in [0.25, 0.3) is 0 Å². The number of carbonyl (C=O) groups is 1. The van der Waals surface area contributed by atoms with Crippen LogP contribution in [-0.2, 0) is 16.6 Å². The first-order valence-electron chi connectivity index (χ1n) is 18.9. The van der Waals surface area contributed by atoms with Gasteiger partial charge < -0.3 is 20.0 Å². The van der Waals surface area contributed by atoms with E-state index < -0.39 is 20.9 Å². The van der Waals surface area contributed by atoms with Crippen molar-refractivity contribution < 1.29 is 18.1 Å². The number of amides is 1. The molecule has 2 aliphatic heterocycles. The quantitative estimate of drug-likeness (QED) is 0.0729. The summed E-state index contributed by atoms with van der Waals surface area (Å²) in [6.07, 6.45) is 4.50. The van der Waals surface area contributed by atoms with Crippen LogP contribution in [0.2, 0.25) is 0 Å². The molecule has 2 heterocycles. The van der Waals surface area contributed by atoms with Gasteiger partial charge >= 0.3 is 0 Å². The summed E-state index contributed by atoms with van der Waals surface area (Å²) in [6.45, 7) is 7.36. The van der Waals surface area contributed by atoms with Gasteiger partial charge in [-0.25, -0.2) is 13.1 Å². The molecule has 0 bridgehead atoms. The van der Waals surface area contributed by atoms with Gasteiger partial charge in [-0.05, 0) is 106 Å². The Bertz CT molecular complexity index is 2000. The second kappa shape index (κ2) is 18.8. The van der Waals surface area contributed by atoms with Crippen LogP contribution in [0.4, 0.5) is 22.7 Å². The zero-order valence-electron chi connectivity index (χ0n) is 31.6. The molecule has 6 rings (SSSR count). The lowest BCUT2D eigenvalue weighted by atomic mass is 10.1. The van der Waals surface area contributed by atoms with E-state index in [0.29, 0.717) is 12.2 Å². The number of nitro groups is 1. The maximum atomic E-state index is 13.3. The molecule has 2 saturated heterocycles. The van der Waals surface area contributed by atoms with Gasteiger partial charge in [-0.2, -0.15) is 0 Å². The van der Waals surface area contributed by atoms with Crippen LogP contribution in [0.1, 0.15) is 41.6 Å². The van der Waals surface area contributed by atoms with Crippen molar-refractivity contribution in [2.75, 3.05) is 80.8 Å². The zero-order valence-corrected chi connectivity index (χ0v) is 33.2. The summed E-state index contributed by atoms with van der Waals surface area (Å²) >= 11 is 1.64. The molecule has 55 heavy (non-hydrogen) atoms. The van der Waals surface area contributed by atoms with E-state index in [4.69, 9.17) is 0 Å². The average Bonchev–Trinajstić information content (AvgIpc) is 3.20. The Morgan fingerprint density at radius 3 is 2.24 bits per heavy atom. The molecule has 0 spiro atoms. The molecule has 4 aromatic carbocycles. The fraction of sp³-hybridized carbons (Fsp3) is 0.390. The summed E-state index contributed by atoms with van der Waals surface area (Å²) in [4.78, 5) is 34.8. The van der Waals surface area contributed by atoms with Crippen molar-refractivity contribution >= 4 is 50.4 Å². The Labute approximate surface area is 329 Å². The van der Waals surface area contributed by atoms with E-state index >= 15 is 0 Å². The lowest BCUT2D eigenvalue weighted by Gasteiger charge is -2.37. The minimum atomic E-state index is -4.41. The van der Waals surface area contributed by atoms with Crippen molar-refractivity contribution in [1.29, 1.82) is 0 Å². The van der Waals surface area contributed by atoms with Crippen LogP contribution in [0.3, 0.4) is 0 Å². The van der Waals surface area contributed by atoms with Crippen molar-refractivity contribution in [3.05, 3.63) is 118 Å². The number of piperazine rings is 1. The summed E-state index contributed by atoms with van der Waals surface area (Å²) in [6, 6.07) is 29.1. The first-order chi connectivity index (χ1) is 26.6. The van der Waals surface area contributed by atoms with Gasteiger partial charge in [0.2, 0.25) is 0 Å². The van der Waals surface area contributed by atoms with Crippen molar-refractivity contribution in [2.45, 2.75) is 48.1 Å². The molecule has 2 fully saturated rings. The van der Waals surface area contributed by atoms with E-state index in [0.717, 1.165) is 69.0 Å². The smallest absolute Gasteiger partial charge is 0.293 e. The SMILES string of the molecule is CN(C)CC[C@H](CSc1ccccc1)Nc1ccc(S(=O)(=O)NC(=O)c2ccc(N3CCN(Cc4ccccc4N4CCCCC4)CC3)cc2)cc1[N+](=O)[O-]. The predicted octanol–water partition coefficient (Wildman–Crippen LogP) is 6.55. The van der Waals surface area contributed by atoms with Crippen LogP contribution in [-0.4, -0.2) is 101 Å². The molecule has 12 nitrogen and oxygen atoms in total. The number of para-hydroxylation sites is 1. The van der Waals surface area contributed by atoms with Gasteiger partial charge in [0.1, 0.15) is 5.69 Å². The molecule has 0 aromatic heterocycles. The highest BCUT2D eigenvalue weighted by atomic mass is 32.2. The third-order valence-electron chi connectivity index (χ3n) is 10.1.